The fourth-order valence-electron chi connectivity index (χ4n) is 2.15. The van der Waals surface area contributed by atoms with Gasteiger partial charge in [0.05, 0.1) is 16.6 Å². The third-order valence-electron chi connectivity index (χ3n) is 3.19. The first kappa shape index (κ1) is 16.9. The average molecular weight is 295 g/mol. The third kappa shape index (κ3) is 4.71. The van der Waals surface area contributed by atoms with Crippen molar-refractivity contribution in [1.29, 1.82) is 0 Å². The van der Waals surface area contributed by atoms with Crippen LogP contribution in [0.4, 0.5) is 5.69 Å². The van der Waals surface area contributed by atoms with Crippen LogP contribution in [0.5, 0.6) is 5.75 Å². The lowest BCUT2D eigenvalue weighted by Gasteiger charge is -2.30. The van der Waals surface area contributed by atoms with Crippen LogP contribution in [-0.4, -0.2) is 29.0 Å². The zero-order valence-electron chi connectivity index (χ0n) is 12.5. The van der Waals surface area contributed by atoms with Crippen LogP contribution in [0.3, 0.4) is 0 Å². The molecule has 0 spiro atoms. The maximum absolute atomic E-state index is 11.5. The zero-order valence-corrected chi connectivity index (χ0v) is 12.5. The lowest BCUT2D eigenvalue weighted by atomic mass is 9.94. The monoisotopic (exact) mass is 295 g/mol. The Morgan fingerprint density at radius 3 is 2.48 bits per heavy atom. The van der Waals surface area contributed by atoms with E-state index in [1.807, 2.05) is 13.8 Å². The van der Waals surface area contributed by atoms with Gasteiger partial charge in [-0.2, -0.15) is 0 Å². The van der Waals surface area contributed by atoms with Crippen molar-refractivity contribution in [2.75, 3.05) is 6.54 Å². The third-order valence-corrected chi connectivity index (χ3v) is 3.19. The van der Waals surface area contributed by atoms with Gasteiger partial charge in [-0.3, -0.25) is 14.9 Å². The first-order chi connectivity index (χ1) is 9.78. The smallest absolute Gasteiger partial charge is 0.269 e. The minimum absolute atomic E-state index is 0.00428. The SMILES string of the molecule is CCNC(C)(CC(C)Oc1ccc([N+](=O)[O-])cc1)C(N)=O. The van der Waals surface area contributed by atoms with E-state index in [-0.39, 0.29) is 11.8 Å². The van der Waals surface area contributed by atoms with Crippen LogP contribution in [0.2, 0.25) is 0 Å². The molecule has 7 heteroatoms. The number of carbonyl (C=O) groups is 1. The molecule has 2 atom stereocenters. The van der Waals surface area contributed by atoms with E-state index in [1.54, 1.807) is 6.92 Å². The molecule has 0 aliphatic carbocycles. The molecule has 0 bridgehead atoms. The van der Waals surface area contributed by atoms with Gasteiger partial charge in [0.25, 0.3) is 5.69 Å². The van der Waals surface area contributed by atoms with E-state index in [4.69, 9.17) is 10.5 Å². The Kier molecular flexibility index (Phi) is 5.66. The van der Waals surface area contributed by atoms with Gasteiger partial charge in [0, 0.05) is 18.6 Å². The lowest BCUT2D eigenvalue weighted by molar-refractivity contribution is -0.384. The van der Waals surface area contributed by atoms with Gasteiger partial charge >= 0.3 is 0 Å². The van der Waals surface area contributed by atoms with Crippen LogP contribution in [0.25, 0.3) is 0 Å². The molecule has 0 radical (unpaired) electrons. The number of carbonyl (C=O) groups excluding carboxylic acids is 1. The Bertz CT molecular complexity index is 503. The second-order valence-corrected chi connectivity index (χ2v) is 5.11. The van der Waals surface area contributed by atoms with Gasteiger partial charge < -0.3 is 15.8 Å². The second-order valence-electron chi connectivity index (χ2n) is 5.11. The molecule has 1 aromatic rings. The standard InChI is InChI=1S/C14H21N3O4/c1-4-16-14(3,13(15)18)9-10(2)21-12-7-5-11(6-8-12)17(19)20/h5-8,10,16H,4,9H2,1-3H3,(H2,15,18). The largest absolute Gasteiger partial charge is 0.491 e. The summed E-state index contributed by atoms with van der Waals surface area (Å²) in [6.07, 6.45) is 0.121. The molecule has 1 rings (SSSR count). The van der Waals surface area contributed by atoms with E-state index in [9.17, 15) is 14.9 Å². The fraction of sp³-hybridized carbons (Fsp3) is 0.500. The van der Waals surface area contributed by atoms with E-state index in [1.165, 1.54) is 24.3 Å². The van der Waals surface area contributed by atoms with Gasteiger partial charge in [-0.05, 0) is 32.5 Å². The molecule has 0 saturated heterocycles. The number of nitrogens with two attached hydrogens (primary N) is 1. The molecular weight excluding hydrogens is 274 g/mol. The molecule has 21 heavy (non-hydrogen) atoms. The van der Waals surface area contributed by atoms with Gasteiger partial charge in [-0.25, -0.2) is 0 Å². The Morgan fingerprint density at radius 1 is 1.48 bits per heavy atom. The lowest BCUT2D eigenvalue weighted by Crippen LogP contribution is -2.55. The van der Waals surface area contributed by atoms with Crippen LogP contribution < -0.4 is 15.8 Å². The molecule has 0 aliphatic rings. The average Bonchev–Trinajstić information content (AvgIpc) is 2.39. The highest BCUT2D eigenvalue weighted by Gasteiger charge is 2.32. The summed E-state index contributed by atoms with van der Waals surface area (Å²) in [5.74, 6) is 0.0694. The second kappa shape index (κ2) is 7.03. The number of primary amides is 1. The van der Waals surface area contributed by atoms with Crippen LogP contribution >= 0.6 is 0 Å². The van der Waals surface area contributed by atoms with Crippen molar-refractivity contribution >= 4 is 11.6 Å². The number of non-ortho nitro benzene ring substituents is 1. The molecule has 1 amide bonds. The maximum atomic E-state index is 11.5. The van der Waals surface area contributed by atoms with Crippen molar-refractivity contribution in [2.24, 2.45) is 5.73 Å². The van der Waals surface area contributed by atoms with Gasteiger partial charge in [0.1, 0.15) is 5.75 Å². The summed E-state index contributed by atoms with van der Waals surface area (Å²) < 4.78 is 5.67. The number of nitro groups is 1. The summed E-state index contributed by atoms with van der Waals surface area (Å²) in [5.41, 5.74) is 4.57. The predicted octanol–water partition coefficient (Wildman–Crippen LogP) is 1.61. The van der Waals surface area contributed by atoms with E-state index in [0.717, 1.165) is 0 Å². The molecule has 2 unspecified atom stereocenters. The van der Waals surface area contributed by atoms with Crippen molar-refractivity contribution in [2.45, 2.75) is 38.8 Å². The molecule has 116 valence electrons. The topological polar surface area (TPSA) is 107 Å². The van der Waals surface area contributed by atoms with Crippen molar-refractivity contribution in [3.8, 4) is 5.75 Å². The zero-order chi connectivity index (χ0) is 16.0. The highest BCUT2D eigenvalue weighted by atomic mass is 16.6. The summed E-state index contributed by atoms with van der Waals surface area (Å²) in [6, 6.07) is 5.81. The highest BCUT2D eigenvalue weighted by molar-refractivity contribution is 5.84. The summed E-state index contributed by atoms with van der Waals surface area (Å²) >= 11 is 0. The predicted molar refractivity (Wildman–Crippen MR) is 79.1 cm³/mol. The summed E-state index contributed by atoms with van der Waals surface area (Å²) in [6.45, 7) is 6.06. The van der Waals surface area contributed by atoms with Gasteiger partial charge in [0.2, 0.25) is 5.91 Å². The Hall–Kier alpha value is -2.15. The van der Waals surface area contributed by atoms with Crippen molar-refractivity contribution < 1.29 is 14.5 Å². The quantitative estimate of drug-likeness (QED) is 0.559. The first-order valence-electron chi connectivity index (χ1n) is 6.74. The highest BCUT2D eigenvalue weighted by Crippen LogP contribution is 2.21. The number of rotatable bonds is 8. The van der Waals surface area contributed by atoms with Crippen LogP contribution in [0, 0.1) is 10.1 Å². The first-order valence-corrected chi connectivity index (χ1v) is 6.74. The Labute approximate surface area is 123 Å². The molecule has 0 fully saturated rings. The van der Waals surface area contributed by atoms with E-state index >= 15 is 0 Å². The number of nitrogens with zero attached hydrogens (tertiary/aromatic N) is 1. The number of benzene rings is 1. The minimum Gasteiger partial charge on any atom is -0.491 e. The van der Waals surface area contributed by atoms with Crippen LogP contribution in [-0.2, 0) is 4.79 Å². The number of ether oxygens (including phenoxy) is 1. The Morgan fingerprint density at radius 2 is 2.05 bits per heavy atom. The van der Waals surface area contributed by atoms with Crippen molar-refractivity contribution in [1.82, 2.24) is 5.32 Å². The normalized spacial score (nSPS) is 15.0. The van der Waals surface area contributed by atoms with Gasteiger partial charge in [-0.1, -0.05) is 6.92 Å². The molecular formula is C14H21N3O4. The van der Waals surface area contributed by atoms with Gasteiger partial charge in [-0.15, -0.1) is 0 Å². The maximum Gasteiger partial charge on any atom is 0.269 e. The van der Waals surface area contributed by atoms with Crippen LogP contribution in [0.15, 0.2) is 24.3 Å². The number of hydrogen-bond acceptors (Lipinski definition) is 5. The van der Waals surface area contributed by atoms with Crippen molar-refractivity contribution in [3.63, 3.8) is 0 Å². The molecule has 3 N–H and O–H groups in total. The van der Waals surface area contributed by atoms with E-state index < -0.39 is 16.4 Å². The van der Waals surface area contributed by atoms with E-state index in [0.29, 0.717) is 18.7 Å². The number of likely N-dealkylation sites (N-methyl/N-ethyl adjacent to an activating group) is 1. The summed E-state index contributed by atoms with van der Waals surface area (Å²) in [7, 11) is 0. The minimum atomic E-state index is -0.852. The molecule has 0 heterocycles. The van der Waals surface area contributed by atoms with Crippen molar-refractivity contribution in [3.05, 3.63) is 34.4 Å². The van der Waals surface area contributed by atoms with Gasteiger partial charge in [0.15, 0.2) is 0 Å². The molecule has 0 aromatic heterocycles. The summed E-state index contributed by atoms with van der Waals surface area (Å²) in [4.78, 5) is 21.7. The molecule has 7 nitrogen and oxygen atoms in total. The van der Waals surface area contributed by atoms with Crippen LogP contribution in [0.1, 0.15) is 27.2 Å². The fourth-order valence-corrected chi connectivity index (χ4v) is 2.15. The summed E-state index contributed by atoms with van der Waals surface area (Å²) in [5, 5.41) is 13.6. The number of nitrogens with one attached hydrogen (secondary N) is 1. The number of amides is 1. The molecule has 0 saturated carbocycles. The molecule has 1 aromatic carbocycles. The van der Waals surface area contributed by atoms with E-state index in [2.05, 4.69) is 5.32 Å². The number of hydrogen-bond donors (Lipinski definition) is 2. The Balaban J connectivity index is 2.69. The number of nitro benzene ring substituents is 1. The molecule has 0 aliphatic heterocycles.